The second-order valence-corrected chi connectivity index (χ2v) is 9.10. The number of carbonyl (C=O) groups is 1. The van der Waals surface area contributed by atoms with Crippen LogP contribution in [-0.2, 0) is 14.6 Å². The molecule has 2 fully saturated rings. The first kappa shape index (κ1) is 22.5. The normalized spacial score (nSPS) is 21.9. The van der Waals surface area contributed by atoms with Crippen molar-refractivity contribution in [3.8, 4) is 0 Å². The van der Waals surface area contributed by atoms with Crippen LogP contribution in [0.25, 0.3) is 0 Å². The molecular formula is C16H31IN4O3S. The van der Waals surface area contributed by atoms with Crippen molar-refractivity contribution in [2.24, 2.45) is 10.9 Å². The van der Waals surface area contributed by atoms with Crippen molar-refractivity contribution >= 4 is 45.7 Å². The third-order valence-corrected chi connectivity index (χ3v) is 6.62. The van der Waals surface area contributed by atoms with Gasteiger partial charge >= 0.3 is 0 Å². The lowest BCUT2D eigenvalue weighted by Gasteiger charge is -2.21. The molecule has 7 nitrogen and oxygen atoms in total. The van der Waals surface area contributed by atoms with Gasteiger partial charge in [0, 0.05) is 44.4 Å². The molecule has 2 rings (SSSR count). The average molecular weight is 486 g/mol. The molecule has 1 aliphatic carbocycles. The molecule has 0 aromatic rings. The minimum Gasteiger partial charge on any atom is -0.355 e. The maximum Gasteiger partial charge on any atom is 0.225 e. The largest absolute Gasteiger partial charge is 0.355 e. The minimum absolute atomic E-state index is 0. The van der Waals surface area contributed by atoms with Crippen LogP contribution in [-0.4, -0.2) is 69.4 Å². The van der Waals surface area contributed by atoms with Crippen molar-refractivity contribution in [3.05, 3.63) is 0 Å². The lowest BCUT2D eigenvalue weighted by Crippen LogP contribution is -2.46. The van der Waals surface area contributed by atoms with Gasteiger partial charge in [-0.15, -0.1) is 24.0 Å². The standard InChI is InChI=1S/C16H30N4O3S.HI/c1-3-24(22,23)11-9-18-16(17-2)19-14-8-10-20(12-14)15(21)13-6-4-5-7-13;/h13-14H,3-12H2,1-2H3,(H2,17,18,19);1H. The summed E-state index contributed by atoms with van der Waals surface area (Å²) in [6.07, 6.45) is 5.30. The molecule has 1 amide bonds. The number of likely N-dealkylation sites (tertiary alicyclic amines) is 1. The smallest absolute Gasteiger partial charge is 0.225 e. The van der Waals surface area contributed by atoms with Gasteiger partial charge < -0.3 is 15.5 Å². The van der Waals surface area contributed by atoms with Crippen molar-refractivity contribution < 1.29 is 13.2 Å². The summed E-state index contributed by atoms with van der Waals surface area (Å²) in [6.45, 7) is 3.47. The predicted octanol–water partition coefficient (Wildman–Crippen LogP) is 0.995. The Balaban J connectivity index is 0.00000312. The second-order valence-electron chi connectivity index (χ2n) is 6.63. The van der Waals surface area contributed by atoms with Gasteiger partial charge in [-0.3, -0.25) is 9.79 Å². The summed E-state index contributed by atoms with van der Waals surface area (Å²) in [4.78, 5) is 18.6. The molecule has 146 valence electrons. The first-order valence-electron chi connectivity index (χ1n) is 8.91. The quantitative estimate of drug-likeness (QED) is 0.332. The third kappa shape index (κ3) is 6.92. The van der Waals surface area contributed by atoms with Crippen LogP contribution in [0.3, 0.4) is 0 Å². The molecule has 0 aromatic carbocycles. The number of aliphatic imine (C=N–C) groups is 1. The van der Waals surface area contributed by atoms with E-state index in [0.29, 0.717) is 25.0 Å². The number of guanidine groups is 1. The van der Waals surface area contributed by atoms with Crippen molar-refractivity contribution in [3.63, 3.8) is 0 Å². The molecule has 25 heavy (non-hydrogen) atoms. The summed E-state index contributed by atoms with van der Waals surface area (Å²) in [6, 6.07) is 0.171. The maximum absolute atomic E-state index is 12.4. The number of amides is 1. The topological polar surface area (TPSA) is 90.9 Å². The van der Waals surface area contributed by atoms with Crippen LogP contribution in [0.2, 0.25) is 0 Å². The van der Waals surface area contributed by atoms with Gasteiger partial charge in [-0.25, -0.2) is 8.42 Å². The van der Waals surface area contributed by atoms with E-state index in [1.54, 1.807) is 14.0 Å². The van der Waals surface area contributed by atoms with Crippen LogP contribution < -0.4 is 10.6 Å². The summed E-state index contributed by atoms with van der Waals surface area (Å²) < 4.78 is 23.0. The number of halogens is 1. The third-order valence-electron chi connectivity index (χ3n) is 4.91. The van der Waals surface area contributed by atoms with E-state index in [0.717, 1.165) is 25.8 Å². The Labute approximate surface area is 168 Å². The molecule has 0 aromatic heterocycles. The van der Waals surface area contributed by atoms with E-state index < -0.39 is 9.84 Å². The fraction of sp³-hybridized carbons (Fsp3) is 0.875. The fourth-order valence-corrected chi connectivity index (χ4v) is 4.07. The average Bonchev–Trinajstić information content (AvgIpc) is 3.25. The van der Waals surface area contributed by atoms with E-state index in [2.05, 4.69) is 15.6 Å². The van der Waals surface area contributed by atoms with Crippen molar-refractivity contribution in [1.29, 1.82) is 0 Å². The molecule has 2 N–H and O–H groups in total. The Hall–Kier alpha value is -0.580. The minimum atomic E-state index is -2.98. The van der Waals surface area contributed by atoms with Gasteiger partial charge in [-0.05, 0) is 19.3 Å². The molecule has 0 radical (unpaired) electrons. The predicted molar refractivity (Wildman–Crippen MR) is 111 cm³/mol. The molecule has 2 aliphatic rings. The molecule has 9 heteroatoms. The van der Waals surface area contributed by atoms with E-state index in [4.69, 9.17) is 0 Å². The van der Waals surface area contributed by atoms with Crippen LogP contribution in [0.15, 0.2) is 4.99 Å². The van der Waals surface area contributed by atoms with Gasteiger partial charge in [0.15, 0.2) is 15.8 Å². The Morgan fingerprint density at radius 2 is 1.92 bits per heavy atom. The summed E-state index contributed by atoms with van der Waals surface area (Å²) >= 11 is 0. The lowest BCUT2D eigenvalue weighted by molar-refractivity contribution is -0.134. The van der Waals surface area contributed by atoms with E-state index in [9.17, 15) is 13.2 Å². The monoisotopic (exact) mass is 486 g/mol. The zero-order valence-corrected chi connectivity index (χ0v) is 18.3. The highest BCUT2D eigenvalue weighted by Crippen LogP contribution is 2.27. The molecule has 1 saturated carbocycles. The van der Waals surface area contributed by atoms with Crippen LogP contribution in [0.1, 0.15) is 39.0 Å². The Bertz CT molecular complexity index is 562. The zero-order chi connectivity index (χ0) is 17.6. The molecule has 0 spiro atoms. The van der Waals surface area contributed by atoms with Crippen LogP contribution in [0.4, 0.5) is 0 Å². The highest BCUT2D eigenvalue weighted by Gasteiger charge is 2.32. The van der Waals surface area contributed by atoms with Gasteiger partial charge in [0.1, 0.15) is 0 Å². The Kier molecular flexibility index (Phi) is 9.47. The Morgan fingerprint density at radius 1 is 1.24 bits per heavy atom. The van der Waals surface area contributed by atoms with Gasteiger partial charge in [-0.1, -0.05) is 19.8 Å². The van der Waals surface area contributed by atoms with E-state index in [-0.39, 0.29) is 47.4 Å². The second kappa shape index (κ2) is 10.5. The number of sulfone groups is 1. The van der Waals surface area contributed by atoms with E-state index in [1.165, 1.54) is 12.8 Å². The van der Waals surface area contributed by atoms with Gasteiger partial charge in [-0.2, -0.15) is 0 Å². The van der Waals surface area contributed by atoms with Crippen molar-refractivity contribution in [2.45, 2.75) is 45.1 Å². The fourth-order valence-electron chi connectivity index (χ4n) is 3.37. The van der Waals surface area contributed by atoms with Crippen LogP contribution in [0, 0.1) is 5.92 Å². The van der Waals surface area contributed by atoms with Gasteiger partial charge in [0.05, 0.1) is 5.75 Å². The Morgan fingerprint density at radius 3 is 2.52 bits per heavy atom. The highest BCUT2D eigenvalue weighted by molar-refractivity contribution is 14.0. The maximum atomic E-state index is 12.4. The SMILES string of the molecule is CCS(=O)(=O)CCNC(=NC)NC1CCN(C(=O)C2CCCC2)C1.I. The van der Waals surface area contributed by atoms with Gasteiger partial charge in [0.25, 0.3) is 0 Å². The molecule has 1 saturated heterocycles. The first-order valence-corrected chi connectivity index (χ1v) is 10.7. The van der Waals surface area contributed by atoms with Crippen molar-refractivity contribution in [2.75, 3.05) is 38.2 Å². The summed E-state index contributed by atoms with van der Waals surface area (Å²) in [5, 5.41) is 6.34. The van der Waals surface area contributed by atoms with E-state index >= 15 is 0 Å². The number of nitrogens with zero attached hydrogens (tertiary/aromatic N) is 2. The molecule has 1 atom stereocenters. The number of rotatable bonds is 6. The highest BCUT2D eigenvalue weighted by atomic mass is 127. The molecular weight excluding hydrogens is 455 g/mol. The number of hydrogen-bond donors (Lipinski definition) is 2. The number of carbonyl (C=O) groups excluding carboxylic acids is 1. The number of hydrogen-bond acceptors (Lipinski definition) is 4. The van der Waals surface area contributed by atoms with E-state index in [1.807, 2.05) is 4.90 Å². The molecule has 0 bridgehead atoms. The summed E-state index contributed by atoms with van der Waals surface area (Å²) in [5.74, 6) is 1.37. The molecule has 1 aliphatic heterocycles. The summed E-state index contributed by atoms with van der Waals surface area (Å²) in [7, 11) is -1.31. The summed E-state index contributed by atoms with van der Waals surface area (Å²) in [5.41, 5.74) is 0. The van der Waals surface area contributed by atoms with Crippen molar-refractivity contribution in [1.82, 2.24) is 15.5 Å². The van der Waals surface area contributed by atoms with Crippen LogP contribution in [0.5, 0.6) is 0 Å². The zero-order valence-electron chi connectivity index (χ0n) is 15.2. The molecule has 1 unspecified atom stereocenters. The van der Waals surface area contributed by atoms with Gasteiger partial charge in [0.2, 0.25) is 5.91 Å². The first-order chi connectivity index (χ1) is 11.4. The molecule has 1 heterocycles. The van der Waals surface area contributed by atoms with Crippen LogP contribution >= 0.6 is 24.0 Å². The number of nitrogens with one attached hydrogen (secondary N) is 2. The lowest BCUT2D eigenvalue weighted by atomic mass is 10.1.